The first-order valence-corrected chi connectivity index (χ1v) is 7.82. The molecule has 2 rings (SSSR count). The van der Waals surface area contributed by atoms with E-state index in [-0.39, 0.29) is 11.9 Å². The maximum absolute atomic E-state index is 12.3. The van der Waals surface area contributed by atoms with Gasteiger partial charge in [0.15, 0.2) is 0 Å². The van der Waals surface area contributed by atoms with Gasteiger partial charge in [-0.25, -0.2) is 4.79 Å². The molecule has 1 atom stereocenters. The lowest BCUT2D eigenvalue weighted by atomic mass is 10.2. The van der Waals surface area contributed by atoms with Gasteiger partial charge in [-0.15, -0.1) is 0 Å². The number of likely N-dealkylation sites (tertiary alicyclic amines) is 1. The Balaban J connectivity index is 2.05. The molecule has 112 valence electrons. The number of hydrogen-bond acceptors (Lipinski definition) is 3. The van der Waals surface area contributed by atoms with Crippen LogP contribution in [-0.4, -0.2) is 36.0 Å². The van der Waals surface area contributed by atoms with Crippen LogP contribution in [0.15, 0.2) is 34.8 Å². The Morgan fingerprint density at radius 2 is 2.19 bits per heavy atom. The van der Waals surface area contributed by atoms with Gasteiger partial charge in [-0.2, -0.15) is 0 Å². The summed E-state index contributed by atoms with van der Waals surface area (Å²) in [6.07, 6.45) is 4.77. The Bertz CT molecular complexity index is 556. The van der Waals surface area contributed by atoms with E-state index in [9.17, 15) is 9.59 Å². The molecule has 0 saturated carbocycles. The van der Waals surface area contributed by atoms with Gasteiger partial charge in [-0.05, 0) is 37.5 Å². The quantitative estimate of drug-likeness (QED) is 0.618. The molecule has 0 N–H and O–H groups in total. The number of amides is 1. The second kappa shape index (κ2) is 7.41. The lowest BCUT2D eigenvalue weighted by Crippen LogP contribution is -2.40. The summed E-state index contributed by atoms with van der Waals surface area (Å²) in [6, 6.07) is 7.22. The lowest BCUT2D eigenvalue weighted by Gasteiger charge is -2.21. The first kappa shape index (κ1) is 15.8. The van der Waals surface area contributed by atoms with Crippen LogP contribution in [0.4, 0.5) is 0 Å². The van der Waals surface area contributed by atoms with E-state index >= 15 is 0 Å². The van der Waals surface area contributed by atoms with Gasteiger partial charge < -0.3 is 9.64 Å². The van der Waals surface area contributed by atoms with Gasteiger partial charge >= 0.3 is 5.97 Å². The van der Waals surface area contributed by atoms with Gasteiger partial charge in [-0.1, -0.05) is 34.1 Å². The maximum atomic E-state index is 12.3. The van der Waals surface area contributed by atoms with E-state index in [0.717, 1.165) is 16.5 Å². The van der Waals surface area contributed by atoms with Crippen molar-refractivity contribution in [1.29, 1.82) is 0 Å². The molecule has 1 fully saturated rings. The zero-order valence-electron chi connectivity index (χ0n) is 11.9. The highest BCUT2D eigenvalue weighted by Gasteiger charge is 2.34. The fraction of sp³-hybridized carbons (Fsp3) is 0.375. The van der Waals surface area contributed by atoms with Crippen molar-refractivity contribution in [2.24, 2.45) is 0 Å². The highest BCUT2D eigenvalue weighted by molar-refractivity contribution is 9.10. The maximum Gasteiger partial charge on any atom is 0.328 e. The fourth-order valence-electron chi connectivity index (χ4n) is 2.38. The number of hydrogen-bond donors (Lipinski definition) is 0. The Morgan fingerprint density at radius 3 is 2.90 bits per heavy atom. The molecule has 1 aliphatic heterocycles. The number of carbonyl (C=O) groups is 2. The molecular formula is C16H18BrNO3. The van der Waals surface area contributed by atoms with Crippen LogP contribution in [0.2, 0.25) is 0 Å². The summed E-state index contributed by atoms with van der Waals surface area (Å²) >= 11 is 3.44. The van der Waals surface area contributed by atoms with Crippen LogP contribution in [0.3, 0.4) is 0 Å². The number of rotatable bonds is 4. The van der Waals surface area contributed by atoms with Crippen LogP contribution in [0, 0.1) is 0 Å². The van der Waals surface area contributed by atoms with Crippen LogP contribution in [0.25, 0.3) is 6.08 Å². The molecule has 1 saturated heterocycles. The summed E-state index contributed by atoms with van der Waals surface area (Å²) in [5.74, 6) is -0.459. The summed E-state index contributed by atoms with van der Waals surface area (Å²) in [4.78, 5) is 25.7. The minimum atomic E-state index is -0.443. The van der Waals surface area contributed by atoms with E-state index in [1.165, 1.54) is 6.08 Å². The molecule has 21 heavy (non-hydrogen) atoms. The topological polar surface area (TPSA) is 46.6 Å². The van der Waals surface area contributed by atoms with Gasteiger partial charge in [-0.3, -0.25) is 4.79 Å². The second-order valence-electron chi connectivity index (χ2n) is 4.80. The van der Waals surface area contributed by atoms with Gasteiger partial charge in [0.05, 0.1) is 6.61 Å². The van der Waals surface area contributed by atoms with Crippen LogP contribution < -0.4 is 0 Å². The molecule has 4 nitrogen and oxygen atoms in total. The minimum absolute atomic E-state index is 0.152. The predicted molar refractivity (Wildman–Crippen MR) is 84.5 cm³/mol. The zero-order valence-corrected chi connectivity index (χ0v) is 13.5. The van der Waals surface area contributed by atoms with Crippen LogP contribution in [-0.2, 0) is 14.3 Å². The van der Waals surface area contributed by atoms with E-state index < -0.39 is 6.04 Å². The van der Waals surface area contributed by atoms with E-state index in [2.05, 4.69) is 15.9 Å². The molecule has 0 aliphatic carbocycles. The van der Waals surface area contributed by atoms with Crippen molar-refractivity contribution in [2.75, 3.05) is 13.2 Å². The molecular weight excluding hydrogens is 334 g/mol. The monoisotopic (exact) mass is 351 g/mol. The number of halogens is 1. The predicted octanol–water partition coefficient (Wildman–Crippen LogP) is 3.02. The summed E-state index contributed by atoms with van der Waals surface area (Å²) < 4.78 is 5.95. The molecule has 0 bridgehead atoms. The number of benzene rings is 1. The summed E-state index contributed by atoms with van der Waals surface area (Å²) in [7, 11) is 0. The molecule has 1 aliphatic rings. The summed E-state index contributed by atoms with van der Waals surface area (Å²) in [6.45, 7) is 2.71. The van der Waals surface area contributed by atoms with Crippen molar-refractivity contribution in [2.45, 2.75) is 25.8 Å². The Hall–Kier alpha value is -1.62. The molecule has 1 aromatic rings. The number of carbonyl (C=O) groups excluding carboxylic acids is 2. The van der Waals surface area contributed by atoms with Crippen LogP contribution in [0.1, 0.15) is 25.3 Å². The lowest BCUT2D eigenvalue weighted by molar-refractivity contribution is -0.151. The molecule has 5 heteroatoms. The smallest absolute Gasteiger partial charge is 0.328 e. The van der Waals surface area contributed by atoms with Crippen molar-refractivity contribution in [1.82, 2.24) is 4.90 Å². The average Bonchev–Trinajstić information content (AvgIpc) is 2.96. The Labute approximate surface area is 132 Å². The standard InChI is InChI=1S/C16H18BrNO3/c1-2-21-16(20)14-8-5-11-18(14)15(19)10-9-12-6-3-4-7-13(12)17/h3-4,6-7,9-10,14H,2,5,8,11H2,1H3. The Morgan fingerprint density at radius 1 is 1.43 bits per heavy atom. The van der Waals surface area contributed by atoms with Gasteiger partial charge in [0.1, 0.15) is 6.04 Å². The number of ether oxygens (including phenoxy) is 1. The van der Waals surface area contributed by atoms with Crippen molar-refractivity contribution < 1.29 is 14.3 Å². The van der Waals surface area contributed by atoms with Crippen molar-refractivity contribution >= 4 is 33.9 Å². The summed E-state index contributed by atoms with van der Waals surface area (Å²) in [5, 5.41) is 0. The van der Waals surface area contributed by atoms with Gasteiger partial charge in [0.25, 0.3) is 0 Å². The molecule has 1 aromatic carbocycles. The number of nitrogens with zero attached hydrogens (tertiary/aromatic N) is 1. The molecule has 0 spiro atoms. The largest absolute Gasteiger partial charge is 0.464 e. The van der Waals surface area contributed by atoms with Crippen LogP contribution in [0.5, 0.6) is 0 Å². The number of esters is 1. The second-order valence-corrected chi connectivity index (χ2v) is 5.65. The SMILES string of the molecule is CCOC(=O)C1CCCN1C(=O)C=Cc1ccccc1Br. The van der Waals surface area contributed by atoms with Crippen molar-refractivity contribution in [3.63, 3.8) is 0 Å². The van der Waals surface area contributed by atoms with E-state index in [0.29, 0.717) is 19.6 Å². The van der Waals surface area contributed by atoms with E-state index in [1.807, 2.05) is 24.3 Å². The molecule has 0 radical (unpaired) electrons. The first-order chi connectivity index (χ1) is 10.1. The van der Waals surface area contributed by atoms with E-state index in [4.69, 9.17) is 4.74 Å². The summed E-state index contributed by atoms with van der Waals surface area (Å²) in [5.41, 5.74) is 0.928. The molecule has 0 aromatic heterocycles. The van der Waals surface area contributed by atoms with Crippen molar-refractivity contribution in [3.8, 4) is 0 Å². The average molecular weight is 352 g/mol. The third-order valence-corrected chi connectivity index (χ3v) is 4.13. The van der Waals surface area contributed by atoms with Gasteiger partial charge in [0.2, 0.25) is 5.91 Å². The minimum Gasteiger partial charge on any atom is -0.464 e. The van der Waals surface area contributed by atoms with Gasteiger partial charge in [0, 0.05) is 17.1 Å². The molecule has 1 heterocycles. The normalized spacial score (nSPS) is 18.2. The zero-order chi connectivity index (χ0) is 15.2. The molecule has 1 amide bonds. The highest BCUT2D eigenvalue weighted by atomic mass is 79.9. The molecule has 1 unspecified atom stereocenters. The van der Waals surface area contributed by atoms with Crippen molar-refractivity contribution in [3.05, 3.63) is 40.4 Å². The van der Waals surface area contributed by atoms with E-state index in [1.54, 1.807) is 17.9 Å². The third-order valence-electron chi connectivity index (χ3n) is 3.41. The van der Waals surface area contributed by atoms with Crippen LogP contribution >= 0.6 is 15.9 Å². The highest BCUT2D eigenvalue weighted by Crippen LogP contribution is 2.21. The first-order valence-electron chi connectivity index (χ1n) is 7.03. The third kappa shape index (κ3) is 3.94. The Kier molecular flexibility index (Phi) is 5.56. The fourth-order valence-corrected chi connectivity index (χ4v) is 2.80.